The van der Waals surface area contributed by atoms with E-state index in [0.29, 0.717) is 6.54 Å². The van der Waals surface area contributed by atoms with Gasteiger partial charge in [-0.3, -0.25) is 14.9 Å². The number of amides is 1. The van der Waals surface area contributed by atoms with Crippen LogP contribution in [0.1, 0.15) is 29.6 Å². The number of carbonyl (C=O) groups excluding carboxylic acids is 1. The predicted octanol–water partition coefficient (Wildman–Crippen LogP) is 2.44. The molecule has 1 rings (SSSR count). The topological polar surface area (TPSA) is 98.3 Å². The van der Waals surface area contributed by atoms with Crippen molar-refractivity contribution in [2.24, 2.45) is 0 Å². The van der Waals surface area contributed by atoms with Crippen LogP contribution >= 0.6 is 11.8 Å². The van der Waals surface area contributed by atoms with Gasteiger partial charge in [-0.05, 0) is 37.0 Å². The van der Waals surface area contributed by atoms with E-state index in [1.54, 1.807) is 11.8 Å². The summed E-state index contributed by atoms with van der Waals surface area (Å²) >= 11 is 1.81. The molecule has 1 amide bonds. The van der Waals surface area contributed by atoms with Crippen molar-refractivity contribution in [1.82, 2.24) is 5.32 Å². The van der Waals surface area contributed by atoms with Crippen LogP contribution in [0.2, 0.25) is 0 Å². The molecular formula is C13H19N3O3S. The molecule has 0 bridgehead atoms. The average Bonchev–Trinajstić information content (AvgIpc) is 2.42. The van der Waals surface area contributed by atoms with Crippen molar-refractivity contribution in [2.45, 2.75) is 19.3 Å². The number of nitrogens with zero attached hydrogens (tertiary/aromatic N) is 1. The Morgan fingerprint density at radius 2 is 2.15 bits per heavy atom. The Morgan fingerprint density at radius 3 is 2.80 bits per heavy atom. The fourth-order valence-corrected chi connectivity index (χ4v) is 2.19. The van der Waals surface area contributed by atoms with Crippen LogP contribution in [0.5, 0.6) is 0 Å². The van der Waals surface area contributed by atoms with Gasteiger partial charge in [0.05, 0.1) is 4.92 Å². The molecule has 110 valence electrons. The van der Waals surface area contributed by atoms with E-state index >= 15 is 0 Å². The third kappa shape index (κ3) is 5.08. The number of nitrogen functional groups attached to an aromatic ring is 1. The molecular weight excluding hydrogens is 278 g/mol. The van der Waals surface area contributed by atoms with Crippen LogP contribution in [-0.4, -0.2) is 29.4 Å². The highest BCUT2D eigenvalue weighted by atomic mass is 32.2. The van der Waals surface area contributed by atoms with Crippen LogP contribution in [0.25, 0.3) is 0 Å². The third-order valence-electron chi connectivity index (χ3n) is 2.80. The number of thioether (sulfide) groups is 1. The number of nitro benzene ring substituents is 1. The normalized spacial score (nSPS) is 10.2. The van der Waals surface area contributed by atoms with Gasteiger partial charge in [0, 0.05) is 18.2 Å². The van der Waals surface area contributed by atoms with Gasteiger partial charge in [-0.15, -0.1) is 0 Å². The second-order valence-corrected chi connectivity index (χ2v) is 5.33. The summed E-state index contributed by atoms with van der Waals surface area (Å²) in [6.45, 7) is 0.575. The summed E-state index contributed by atoms with van der Waals surface area (Å²) in [5, 5.41) is 13.5. The summed E-state index contributed by atoms with van der Waals surface area (Å²) in [5.41, 5.74) is 5.56. The maximum atomic E-state index is 11.8. The minimum atomic E-state index is -0.589. The number of hydrogen-bond donors (Lipinski definition) is 2. The summed E-state index contributed by atoms with van der Waals surface area (Å²) in [6.07, 6.45) is 5.16. The first kappa shape index (κ1) is 16.3. The van der Waals surface area contributed by atoms with Crippen LogP contribution in [0.15, 0.2) is 18.2 Å². The molecule has 0 aliphatic heterocycles. The zero-order valence-corrected chi connectivity index (χ0v) is 12.2. The molecule has 0 aromatic heterocycles. The smallest absolute Gasteiger partial charge is 0.292 e. The van der Waals surface area contributed by atoms with E-state index < -0.39 is 4.92 Å². The molecule has 0 saturated heterocycles. The molecule has 0 atom stereocenters. The summed E-state index contributed by atoms with van der Waals surface area (Å²) in [6, 6.07) is 4.08. The van der Waals surface area contributed by atoms with E-state index in [0.717, 1.165) is 25.0 Å². The van der Waals surface area contributed by atoms with Gasteiger partial charge >= 0.3 is 0 Å². The Hall–Kier alpha value is -1.76. The van der Waals surface area contributed by atoms with E-state index in [9.17, 15) is 14.9 Å². The molecule has 0 aliphatic rings. The first-order valence-electron chi connectivity index (χ1n) is 6.37. The molecule has 7 heteroatoms. The van der Waals surface area contributed by atoms with Crippen molar-refractivity contribution in [2.75, 3.05) is 24.3 Å². The van der Waals surface area contributed by atoms with Gasteiger partial charge in [-0.25, -0.2) is 0 Å². The van der Waals surface area contributed by atoms with Crippen LogP contribution in [-0.2, 0) is 0 Å². The molecule has 0 unspecified atom stereocenters. The van der Waals surface area contributed by atoms with Crippen molar-refractivity contribution < 1.29 is 9.72 Å². The highest BCUT2D eigenvalue weighted by Crippen LogP contribution is 2.22. The highest BCUT2D eigenvalue weighted by Gasteiger charge is 2.15. The van der Waals surface area contributed by atoms with Crippen molar-refractivity contribution in [3.63, 3.8) is 0 Å². The number of nitrogens with one attached hydrogen (secondary N) is 1. The molecule has 1 aromatic carbocycles. The van der Waals surface area contributed by atoms with Crippen molar-refractivity contribution >= 4 is 29.0 Å². The largest absolute Gasteiger partial charge is 0.393 e. The Balaban J connectivity index is 2.47. The van der Waals surface area contributed by atoms with Gasteiger partial charge < -0.3 is 11.1 Å². The van der Waals surface area contributed by atoms with E-state index in [1.165, 1.54) is 18.2 Å². The number of carbonyl (C=O) groups is 1. The van der Waals surface area contributed by atoms with Gasteiger partial charge in [-0.2, -0.15) is 11.8 Å². The lowest BCUT2D eigenvalue weighted by Gasteiger charge is -2.06. The van der Waals surface area contributed by atoms with Crippen LogP contribution in [0.3, 0.4) is 0 Å². The van der Waals surface area contributed by atoms with Gasteiger partial charge in [0.1, 0.15) is 5.69 Å². The summed E-state index contributed by atoms with van der Waals surface area (Å²) in [7, 11) is 0. The van der Waals surface area contributed by atoms with E-state index in [2.05, 4.69) is 11.6 Å². The standard InChI is InChI=1S/C13H19N3O3S/c1-20-8-4-2-3-7-15-13(17)10-5-6-11(14)12(9-10)16(18)19/h5-6,9H,2-4,7-8,14H2,1H3,(H,15,17). The zero-order valence-electron chi connectivity index (χ0n) is 11.4. The SMILES string of the molecule is CSCCCCCNC(=O)c1ccc(N)c([N+](=O)[O-])c1. The number of anilines is 1. The Kier molecular flexibility index (Phi) is 6.86. The average molecular weight is 297 g/mol. The fourth-order valence-electron chi connectivity index (χ4n) is 1.70. The molecule has 0 heterocycles. The summed E-state index contributed by atoms with van der Waals surface area (Å²) in [5.74, 6) is 0.816. The second kappa shape index (κ2) is 8.42. The summed E-state index contributed by atoms with van der Waals surface area (Å²) in [4.78, 5) is 22.0. The lowest BCUT2D eigenvalue weighted by molar-refractivity contribution is -0.383. The minimum absolute atomic E-state index is 0.0589. The number of hydrogen-bond acceptors (Lipinski definition) is 5. The maximum Gasteiger partial charge on any atom is 0.292 e. The molecule has 20 heavy (non-hydrogen) atoms. The molecule has 1 aromatic rings. The molecule has 0 aliphatic carbocycles. The van der Waals surface area contributed by atoms with Gasteiger partial charge in [-0.1, -0.05) is 6.42 Å². The number of rotatable bonds is 8. The molecule has 0 spiro atoms. The van der Waals surface area contributed by atoms with Crippen molar-refractivity contribution in [3.05, 3.63) is 33.9 Å². The highest BCUT2D eigenvalue weighted by molar-refractivity contribution is 7.98. The van der Waals surface area contributed by atoms with Gasteiger partial charge in [0.25, 0.3) is 11.6 Å². The van der Waals surface area contributed by atoms with E-state index in [1.807, 2.05) is 0 Å². The maximum absolute atomic E-state index is 11.8. The molecule has 6 nitrogen and oxygen atoms in total. The minimum Gasteiger partial charge on any atom is -0.393 e. The molecule has 3 N–H and O–H groups in total. The number of nitrogens with two attached hydrogens (primary N) is 1. The molecule has 0 radical (unpaired) electrons. The molecule has 0 saturated carbocycles. The van der Waals surface area contributed by atoms with E-state index in [-0.39, 0.29) is 22.8 Å². The first-order chi connectivity index (χ1) is 9.56. The quantitative estimate of drug-likeness (QED) is 0.332. The van der Waals surface area contributed by atoms with Gasteiger partial charge in [0.15, 0.2) is 0 Å². The van der Waals surface area contributed by atoms with Crippen molar-refractivity contribution in [3.8, 4) is 0 Å². The van der Waals surface area contributed by atoms with Crippen molar-refractivity contribution in [1.29, 1.82) is 0 Å². The van der Waals surface area contributed by atoms with Crippen LogP contribution in [0.4, 0.5) is 11.4 Å². The van der Waals surface area contributed by atoms with Gasteiger partial charge in [0.2, 0.25) is 0 Å². The monoisotopic (exact) mass is 297 g/mol. The first-order valence-corrected chi connectivity index (χ1v) is 7.76. The second-order valence-electron chi connectivity index (χ2n) is 4.34. The van der Waals surface area contributed by atoms with E-state index in [4.69, 9.17) is 5.73 Å². The number of unbranched alkanes of at least 4 members (excludes halogenated alkanes) is 2. The fraction of sp³-hybridized carbons (Fsp3) is 0.462. The number of nitro groups is 1. The Bertz CT molecular complexity index is 480. The Morgan fingerprint density at radius 1 is 1.40 bits per heavy atom. The van der Waals surface area contributed by atoms with Crippen LogP contribution in [0, 0.1) is 10.1 Å². The summed E-state index contributed by atoms with van der Waals surface area (Å²) < 4.78 is 0. The molecule has 0 fully saturated rings. The third-order valence-corrected chi connectivity index (χ3v) is 3.50. The zero-order chi connectivity index (χ0) is 15.0. The predicted molar refractivity (Wildman–Crippen MR) is 82.1 cm³/mol. The van der Waals surface area contributed by atoms with Crippen LogP contribution < -0.4 is 11.1 Å². The lowest BCUT2D eigenvalue weighted by Crippen LogP contribution is -2.24. The lowest BCUT2D eigenvalue weighted by atomic mass is 10.1. The Labute approximate surface area is 122 Å². The number of benzene rings is 1.